The highest BCUT2D eigenvalue weighted by molar-refractivity contribution is 7.08. The van der Waals surface area contributed by atoms with E-state index >= 15 is 0 Å². The molecule has 2 heterocycles. The van der Waals surface area contributed by atoms with Gasteiger partial charge in [0.15, 0.2) is 0 Å². The Morgan fingerprint density at radius 3 is 3.20 bits per heavy atom. The number of hydrogen-bond acceptors (Lipinski definition) is 3. The van der Waals surface area contributed by atoms with Gasteiger partial charge in [-0.3, -0.25) is 4.79 Å². The van der Waals surface area contributed by atoms with Crippen LogP contribution in [0.15, 0.2) is 16.8 Å². The van der Waals surface area contributed by atoms with Crippen molar-refractivity contribution in [2.75, 3.05) is 6.61 Å². The molecule has 1 aliphatic rings. The Bertz CT molecular complexity index is 317. The standard InChI is InChI=1S/C11H15NO2S/c1-8(10-3-2-5-14-10)12-11(13)9-4-6-15-7-9/h4,6-8,10H,2-3,5H2,1H3,(H,12,13)/t8-,10+/m1/s1. The topological polar surface area (TPSA) is 38.3 Å². The van der Waals surface area contributed by atoms with Crippen molar-refractivity contribution < 1.29 is 9.53 Å². The van der Waals surface area contributed by atoms with E-state index in [0.29, 0.717) is 0 Å². The molecule has 0 unspecified atom stereocenters. The maximum Gasteiger partial charge on any atom is 0.252 e. The zero-order valence-electron chi connectivity index (χ0n) is 8.73. The van der Waals surface area contributed by atoms with Crippen LogP contribution < -0.4 is 5.32 Å². The highest BCUT2D eigenvalue weighted by Gasteiger charge is 2.23. The Labute approximate surface area is 93.4 Å². The van der Waals surface area contributed by atoms with E-state index in [4.69, 9.17) is 4.74 Å². The monoisotopic (exact) mass is 225 g/mol. The third kappa shape index (κ3) is 2.58. The lowest BCUT2D eigenvalue weighted by Gasteiger charge is -2.19. The fourth-order valence-electron chi connectivity index (χ4n) is 1.77. The van der Waals surface area contributed by atoms with E-state index in [1.165, 1.54) is 11.3 Å². The Kier molecular flexibility index (Phi) is 3.38. The van der Waals surface area contributed by atoms with Gasteiger partial charge in [-0.25, -0.2) is 0 Å². The minimum Gasteiger partial charge on any atom is -0.376 e. The number of carbonyl (C=O) groups is 1. The lowest BCUT2D eigenvalue weighted by molar-refractivity contribution is 0.0712. The molecule has 1 N–H and O–H groups in total. The molecular weight excluding hydrogens is 210 g/mol. The SMILES string of the molecule is C[C@@H](NC(=O)c1ccsc1)[C@@H]1CCCO1. The second-order valence-corrected chi connectivity index (χ2v) is 4.61. The summed E-state index contributed by atoms with van der Waals surface area (Å²) in [6.07, 6.45) is 2.33. The Morgan fingerprint density at radius 1 is 1.73 bits per heavy atom. The molecule has 1 saturated heterocycles. The van der Waals surface area contributed by atoms with Crippen LogP contribution in [0.3, 0.4) is 0 Å². The van der Waals surface area contributed by atoms with Gasteiger partial charge >= 0.3 is 0 Å². The van der Waals surface area contributed by atoms with Crippen molar-refractivity contribution in [1.29, 1.82) is 0 Å². The fourth-order valence-corrected chi connectivity index (χ4v) is 2.41. The maximum atomic E-state index is 11.7. The van der Waals surface area contributed by atoms with Crippen molar-refractivity contribution in [2.45, 2.75) is 31.9 Å². The van der Waals surface area contributed by atoms with Gasteiger partial charge in [0.2, 0.25) is 0 Å². The maximum absolute atomic E-state index is 11.7. The number of thiophene rings is 1. The van der Waals surface area contributed by atoms with Gasteiger partial charge in [-0.05, 0) is 31.2 Å². The van der Waals surface area contributed by atoms with E-state index in [0.717, 1.165) is 25.0 Å². The zero-order chi connectivity index (χ0) is 10.7. The second-order valence-electron chi connectivity index (χ2n) is 3.83. The summed E-state index contributed by atoms with van der Waals surface area (Å²) >= 11 is 1.54. The van der Waals surface area contributed by atoms with Crippen molar-refractivity contribution >= 4 is 17.2 Å². The zero-order valence-corrected chi connectivity index (χ0v) is 9.55. The first-order valence-electron chi connectivity index (χ1n) is 5.22. The van der Waals surface area contributed by atoms with Crippen molar-refractivity contribution in [3.8, 4) is 0 Å². The first kappa shape index (κ1) is 10.6. The number of hydrogen-bond donors (Lipinski definition) is 1. The first-order valence-corrected chi connectivity index (χ1v) is 6.16. The summed E-state index contributed by atoms with van der Waals surface area (Å²) in [6.45, 7) is 2.82. The van der Waals surface area contributed by atoms with Crippen LogP contribution in [0.5, 0.6) is 0 Å². The lowest BCUT2D eigenvalue weighted by Crippen LogP contribution is -2.40. The van der Waals surface area contributed by atoms with Crippen LogP contribution in [0.25, 0.3) is 0 Å². The van der Waals surface area contributed by atoms with E-state index in [2.05, 4.69) is 5.32 Å². The average molecular weight is 225 g/mol. The molecule has 0 bridgehead atoms. The van der Waals surface area contributed by atoms with Crippen LogP contribution in [0, 0.1) is 0 Å². The Morgan fingerprint density at radius 2 is 2.60 bits per heavy atom. The van der Waals surface area contributed by atoms with Crippen molar-refractivity contribution in [3.05, 3.63) is 22.4 Å². The van der Waals surface area contributed by atoms with Crippen LogP contribution >= 0.6 is 11.3 Å². The predicted octanol–water partition coefficient (Wildman–Crippen LogP) is 2.05. The molecule has 1 aliphatic heterocycles. The quantitative estimate of drug-likeness (QED) is 0.855. The van der Waals surface area contributed by atoms with Crippen LogP contribution in [0.2, 0.25) is 0 Å². The molecule has 1 aromatic heterocycles. The van der Waals surface area contributed by atoms with Crippen LogP contribution in [-0.2, 0) is 4.74 Å². The number of carbonyl (C=O) groups excluding carboxylic acids is 1. The molecular formula is C11H15NO2S. The summed E-state index contributed by atoms with van der Waals surface area (Å²) < 4.78 is 5.52. The van der Waals surface area contributed by atoms with E-state index in [-0.39, 0.29) is 18.1 Å². The van der Waals surface area contributed by atoms with E-state index in [1.807, 2.05) is 23.8 Å². The van der Waals surface area contributed by atoms with Crippen LogP contribution in [-0.4, -0.2) is 24.7 Å². The molecule has 2 atom stereocenters. The largest absolute Gasteiger partial charge is 0.376 e. The van der Waals surface area contributed by atoms with Gasteiger partial charge in [0.25, 0.3) is 5.91 Å². The van der Waals surface area contributed by atoms with Gasteiger partial charge in [0, 0.05) is 17.6 Å². The third-order valence-electron chi connectivity index (χ3n) is 2.66. The van der Waals surface area contributed by atoms with E-state index in [1.54, 1.807) is 0 Å². The van der Waals surface area contributed by atoms with Gasteiger partial charge in [-0.1, -0.05) is 0 Å². The number of ether oxygens (including phenoxy) is 1. The molecule has 2 rings (SSSR count). The number of amides is 1. The summed E-state index contributed by atoms with van der Waals surface area (Å²) in [5.41, 5.74) is 0.741. The molecule has 0 spiro atoms. The first-order chi connectivity index (χ1) is 7.27. The molecule has 0 radical (unpaired) electrons. The summed E-state index contributed by atoms with van der Waals surface area (Å²) in [5, 5.41) is 6.73. The molecule has 3 nitrogen and oxygen atoms in total. The molecule has 15 heavy (non-hydrogen) atoms. The Balaban J connectivity index is 1.88. The van der Waals surface area contributed by atoms with Gasteiger partial charge in [0.1, 0.15) is 0 Å². The summed E-state index contributed by atoms with van der Waals surface area (Å²) in [7, 11) is 0. The average Bonchev–Trinajstić information content (AvgIpc) is 2.91. The molecule has 4 heteroatoms. The van der Waals surface area contributed by atoms with Crippen molar-refractivity contribution in [1.82, 2.24) is 5.32 Å². The fraction of sp³-hybridized carbons (Fsp3) is 0.545. The van der Waals surface area contributed by atoms with Gasteiger partial charge in [-0.2, -0.15) is 11.3 Å². The summed E-state index contributed by atoms with van der Waals surface area (Å²) in [6, 6.07) is 1.93. The molecule has 0 aromatic carbocycles. The van der Waals surface area contributed by atoms with Gasteiger partial charge < -0.3 is 10.1 Å². The lowest BCUT2D eigenvalue weighted by atomic mass is 10.1. The summed E-state index contributed by atoms with van der Waals surface area (Å²) in [5.74, 6) is -0.000694. The summed E-state index contributed by atoms with van der Waals surface area (Å²) in [4.78, 5) is 11.7. The van der Waals surface area contributed by atoms with Gasteiger partial charge in [-0.15, -0.1) is 0 Å². The highest BCUT2D eigenvalue weighted by atomic mass is 32.1. The minimum atomic E-state index is -0.000694. The minimum absolute atomic E-state index is 0.000694. The van der Waals surface area contributed by atoms with Crippen LogP contribution in [0.4, 0.5) is 0 Å². The molecule has 0 aliphatic carbocycles. The molecule has 0 saturated carbocycles. The second kappa shape index (κ2) is 4.77. The predicted molar refractivity (Wildman–Crippen MR) is 60.2 cm³/mol. The molecule has 1 amide bonds. The van der Waals surface area contributed by atoms with Crippen molar-refractivity contribution in [3.63, 3.8) is 0 Å². The van der Waals surface area contributed by atoms with Gasteiger partial charge in [0.05, 0.1) is 12.1 Å². The van der Waals surface area contributed by atoms with E-state index in [9.17, 15) is 4.79 Å². The molecule has 1 fully saturated rings. The Hall–Kier alpha value is -0.870. The highest BCUT2D eigenvalue weighted by Crippen LogP contribution is 2.16. The normalized spacial score (nSPS) is 22.6. The number of rotatable bonds is 3. The van der Waals surface area contributed by atoms with Crippen molar-refractivity contribution in [2.24, 2.45) is 0 Å². The smallest absolute Gasteiger partial charge is 0.252 e. The number of nitrogens with one attached hydrogen (secondary N) is 1. The van der Waals surface area contributed by atoms with E-state index < -0.39 is 0 Å². The molecule has 1 aromatic rings. The van der Waals surface area contributed by atoms with Crippen LogP contribution in [0.1, 0.15) is 30.1 Å². The third-order valence-corrected chi connectivity index (χ3v) is 3.35. The molecule has 82 valence electrons.